The van der Waals surface area contributed by atoms with E-state index in [9.17, 15) is 14.4 Å². The Labute approximate surface area is 170 Å². The van der Waals surface area contributed by atoms with Gasteiger partial charge in [-0.25, -0.2) is 4.90 Å². The molecule has 4 rings (SSSR count). The molecule has 0 spiro atoms. The van der Waals surface area contributed by atoms with Gasteiger partial charge in [-0.3, -0.25) is 14.4 Å². The molecule has 0 saturated carbocycles. The third kappa shape index (κ3) is 3.27. The molecule has 3 atom stereocenters. The van der Waals surface area contributed by atoms with Crippen molar-refractivity contribution in [3.8, 4) is 0 Å². The van der Waals surface area contributed by atoms with E-state index in [1.807, 2.05) is 50.3 Å². The number of hydrogen-bond donors (Lipinski definition) is 1. The molecular formula is C24H24N2O3. The maximum atomic E-state index is 13.1. The summed E-state index contributed by atoms with van der Waals surface area (Å²) in [6.07, 6.45) is 5.32. The number of allylic oxidation sites excluding steroid dienone is 2. The van der Waals surface area contributed by atoms with Gasteiger partial charge in [0.2, 0.25) is 11.8 Å². The molecule has 2 aromatic carbocycles. The van der Waals surface area contributed by atoms with Crippen LogP contribution in [0, 0.1) is 17.8 Å². The van der Waals surface area contributed by atoms with E-state index in [0.717, 1.165) is 17.7 Å². The summed E-state index contributed by atoms with van der Waals surface area (Å²) in [5.74, 6) is -1.46. The largest absolute Gasteiger partial charge is 0.322 e. The quantitative estimate of drug-likeness (QED) is 0.630. The Morgan fingerprint density at radius 2 is 1.79 bits per heavy atom. The summed E-state index contributed by atoms with van der Waals surface area (Å²) in [4.78, 5) is 40.5. The highest BCUT2D eigenvalue weighted by Gasteiger charge is 2.51. The number of hydrogen-bond acceptors (Lipinski definition) is 3. The fourth-order valence-electron chi connectivity index (χ4n) is 4.39. The van der Waals surface area contributed by atoms with Gasteiger partial charge in [0.1, 0.15) is 0 Å². The fraction of sp³-hybridized carbons (Fsp3) is 0.292. The number of imide groups is 1. The van der Waals surface area contributed by atoms with Crippen LogP contribution in [0.5, 0.6) is 0 Å². The molecule has 0 radical (unpaired) electrons. The second kappa shape index (κ2) is 7.66. The van der Waals surface area contributed by atoms with Crippen LogP contribution >= 0.6 is 0 Å². The second-order valence-electron chi connectivity index (χ2n) is 7.65. The van der Waals surface area contributed by atoms with Crippen molar-refractivity contribution in [2.75, 3.05) is 10.2 Å². The normalized spacial score (nSPS) is 23.2. The van der Waals surface area contributed by atoms with Crippen molar-refractivity contribution in [2.45, 2.75) is 26.7 Å². The molecule has 1 aliphatic carbocycles. The van der Waals surface area contributed by atoms with Crippen LogP contribution in [0.2, 0.25) is 0 Å². The third-order valence-corrected chi connectivity index (χ3v) is 5.91. The molecule has 1 saturated heterocycles. The number of nitrogens with one attached hydrogen (secondary N) is 1. The average molecular weight is 388 g/mol. The van der Waals surface area contributed by atoms with E-state index < -0.39 is 0 Å². The summed E-state index contributed by atoms with van der Waals surface area (Å²) in [5, 5.41) is 2.94. The number of amides is 3. The molecule has 29 heavy (non-hydrogen) atoms. The Morgan fingerprint density at radius 3 is 2.55 bits per heavy atom. The van der Waals surface area contributed by atoms with Crippen LogP contribution in [0.4, 0.5) is 11.4 Å². The number of nitrogens with zero attached hydrogens (tertiary/aromatic N) is 1. The predicted molar refractivity (Wildman–Crippen MR) is 113 cm³/mol. The van der Waals surface area contributed by atoms with Gasteiger partial charge in [-0.05, 0) is 42.5 Å². The monoisotopic (exact) mass is 388 g/mol. The molecule has 2 aromatic rings. The highest BCUT2D eigenvalue weighted by Crippen LogP contribution is 2.41. The van der Waals surface area contributed by atoms with Crippen molar-refractivity contribution in [3.63, 3.8) is 0 Å². The Hall–Kier alpha value is -3.21. The Kier molecular flexibility index (Phi) is 5.05. The Bertz CT molecular complexity index is 1010. The van der Waals surface area contributed by atoms with Gasteiger partial charge < -0.3 is 5.32 Å². The zero-order valence-corrected chi connectivity index (χ0v) is 16.6. The Morgan fingerprint density at radius 1 is 1.07 bits per heavy atom. The van der Waals surface area contributed by atoms with E-state index in [1.54, 1.807) is 24.3 Å². The topological polar surface area (TPSA) is 66.5 Å². The summed E-state index contributed by atoms with van der Waals surface area (Å²) in [7, 11) is 0. The third-order valence-electron chi connectivity index (χ3n) is 5.91. The van der Waals surface area contributed by atoms with Gasteiger partial charge in [-0.15, -0.1) is 0 Å². The van der Waals surface area contributed by atoms with E-state index in [2.05, 4.69) is 5.32 Å². The van der Waals surface area contributed by atoms with Gasteiger partial charge >= 0.3 is 0 Å². The van der Waals surface area contributed by atoms with Gasteiger partial charge in [0.15, 0.2) is 0 Å². The van der Waals surface area contributed by atoms with Crippen LogP contribution in [-0.4, -0.2) is 17.7 Å². The molecule has 1 aliphatic heterocycles. The first kappa shape index (κ1) is 19.1. The summed E-state index contributed by atoms with van der Waals surface area (Å²) in [6, 6.07) is 14.4. The first-order valence-corrected chi connectivity index (χ1v) is 10.1. The molecule has 0 bridgehead atoms. The van der Waals surface area contributed by atoms with Crippen molar-refractivity contribution >= 4 is 29.1 Å². The molecule has 1 heterocycles. The molecule has 148 valence electrons. The van der Waals surface area contributed by atoms with Gasteiger partial charge in [0, 0.05) is 5.69 Å². The molecule has 1 N–H and O–H groups in total. The van der Waals surface area contributed by atoms with Gasteiger partial charge in [0.25, 0.3) is 5.91 Å². The van der Waals surface area contributed by atoms with Crippen LogP contribution in [0.1, 0.15) is 36.2 Å². The minimum Gasteiger partial charge on any atom is -0.322 e. The molecule has 3 amide bonds. The Balaban J connectivity index is 1.68. The maximum absolute atomic E-state index is 13.1. The lowest BCUT2D eigenvalue weighted by molar-refractivity contribution is -0.122. The fourth-order valence-corrected chi connectivity index (χ4v) is 4.39. The minimum atomic E-state index is -0.357. The first-order chi connectivity index (χ1) is 14.0. The van der Waals surface area contributed by atoms with Gasteiger partial charge in [0.05, 0.1) is 23.1 Å². The number of anilines is 2. The average Bonchev–Trinajstić information content (AvgIpc) is 2.99. The van der Waals surface area contributed by atoms with E-state index in [-0.39, 0.29) is 35.5 Å². The van der Waals surface area contributed by atoms with Crippen molar-refractivity contribution in [3.05, 3.63) is 71.8 Å². The van der Waals surface area contributed by atoms with Crippen LogP contribution in [0.3, 0.4) is 0 Å². The number of carbonyl (C=O) groups is 3. The SMILES string of the molecule is CCc1ccccc1NC(=O)c1ccccc1N1C(=O)[C@@H]2[C@@H](C)C=CC[C@H]2C1=O. The van der Waals surface area contributed by atoms with Gasteiger partial charge in [-0.2, -0.15) is 0 Å². The summed E-state index contributed by atoms with van der Waals surface area (Å²) >= 11 is 0. The molecule has 5 nitrogen and oxygen atoms in total. The van der Waals surface area contributed by atoms with Crippen molar-refractivity contribution in [1.29, 1.82) is 0 Å². The van der Waals surface area contributed by atoms with Crippen LogP contribution in [-0.2, 0) is 16.0 Å². The number of benzene rings is 2. The standard InChI is InChI=1S/C24H24N2O3/c1-3-16-10-4-6-13-19(16)25-22(27)17-11-5-7-14-20(17)26-23(28)18-12-8-9-15(2)21(18)24(26)29/h4-11,13-15,18,21H,3,12H2,1-2H3,(H,25,27)/t15-,18+,21+/m0/s1. The van der Waals surface area contributed by atoms with Crippen LogP contribution in [0.25, 0.3) is 0 Å². The van der Waals surface area contributed by atoms with E-state index in [4.69, 9.17) is 0 Å². The number of rotatable bonds is 4. The highest BCUT2D eigenvalue weighted by atomic mass is 16.2. The zero-order chi connectivity index (χ0) is 20.5. The lowest BCUT2D eigenvalue weighted by Gasteiger charge is -2.22. The smallest absolute Gasteiger partial charge is 0.257 e. The summed E-state index contributed by atoms with van der Waals surface area (Å²) in [5.41, 5.74) is 2.44. The maximum Gasteiger partial charge on any atom is 0.257 e. The summed E-state index contributed by atoms with van der Waals surface area (Å²) in [6.45, 7) is 3.99. The predicted octanol–water partition coefficient (Wildman–Crippen LogP) is 4.20. The van der Waals surface area contributed by atoms with Crippen LogP contribution in [0.15, 0.2) is 60.7 Å². The highest BCUT2D eigenvalue weighted by molar-refractivity contribution is 6.25. The van der Waals surface area contributed by atoms with E-state index in [1.165, 1.54) is 4.90 Å². The second-order valence-corrected chi connectivity index (χ2v) is 7.65. The minimum absolute atomic E-state index is 0.00706. The number of fused-ring (bicyclic) bond motifs is 1. The molecule has 5 heteroatoms. The summed E-state index contributed by atoms with van der Waals surface area (Å²) < 4.78 is 0. The lowest BCUT2D eigenvalue weighted by atomic mass is 9.78. The number of aryl methyl sites for hydroxylation is 1. The molecule has 0 aromatic heterocycles. The van der Waals surface area contributed by atoms with Crippen molar-refractivity contribution in [2.24, 2.45) is 17.8 Å². The molecule has 0 unspecified atom stereocenters. The molecule has 1 fully saturated rings. The van der Waals surface area contributed by atoms with Crippen molar-refractivity contribution in [1.82, 2.24) is 0 Å². The van der Waals surface area contributed by atoms with E-state index in [0.29, 0.717) is 17.7 Å². The zero-order valence-electron chi connectivity index (χ0n) is 16.6. The van der Waals surface area contributed by atoms with Gasteiger partial charge in [-0.1, -0.05) is 56.3 Å². The van der Waals surface area contributed by atoms with Crippen molar-refractivity contribution < 1.29 is 14.4 Å². The van der Waals surface area contributed by atoms with Crippen LogP contribution < -0.4 is 10.2 Å². The number of carbonyl (C=O) groups excluding carboxylic acids is 3. The number of para-hydroxylation sites is 2. The molecule has 2 aliphatic rings. The van der Waals surface area contributed by atoms with E-state index >= 15 is 0 Å². The molecular weight excluding hydrogens is 364 g/mol. The first-order valence-electron chi connectivity index (χ1n) is 10.1. The lowest BCUT2D eigenvalue weighted by Crippen LogP contribution is -2.33.